The molecule has 1 N–H and O–H groups in total. The summed E-state index contributed by atoms with van der Waals surface area (Å²) in [5.41, 5.74) is 0.752. The fourth-order valence-electron chi connectivity index (χ4n) is 4.10. The van der Waals surface area contributed by atoms with E-state index in [9.17, 15) is 9.90 Å². The van der Waals surface area contributed by atoms with Crippen LogP contribution < -0.4 is 0 Å². The van der Waals surface area contributed by atoms with Crippen molar-refractivity contribution in [3.05, 3.63) is 35.9 Å². The highest BCUT2D eigenvalue weighted by atomic mass is 16.6. The van der Waals surface area contributed by atoms with E-state index < -0.39 is 5.60 Å². The Hall–Kier alpha value is -1.59. The Balaban J connectivity index is 1.79. The van der Waals surface area contributed by atoms with Crippen molar-refractivity contribution >= 4 is 6.09 Å². The SMILES string of the molecule is CC(C)(C)OC(=O)N1C[C@H]2CC[C@H]([C@@H]1CO)N(Cc1ccccc1)C2. The van der Waals surface area contributed by atoms with Crippen molar-refractivity contribution in [2.45, 2.75) is 57.8 Å². The van der Waals surface area contributed by atoms with E-state index in [1.165, 1.54) is 5.56 Å². The molecular weight excluding hydrogens is 316 g/mol. The molecule has 0 aliphatic carbocycles. The summed E-state index contributed by atoms with van der Waals surface area (Å²) < 4.78 is 5.60. The van der Waals surface area contributed by atoms with Gasteiger partial charge in [-0.05, 0) is 45.1 Å². The fraction of sp³-hybridized carbons (Fsp3) is 0.650. The van der Waals surface area contributed by atoms with Gasteiger partial charge < -0.3 is 14.7 Å². The van der Waals surface area contributed by atoms with Crippen molar-refractivity contribution in [1.29, 1.82) is 0 Å². The molecule has 1 aromatic rings. The van der Waals surface area contributed by atoms with Crippen LogP contribution in [0.1, 0.15) is 39.2 Å². The van der Waals surface area contributed by atoms with E-state index in [2.05, 4.69) is 29.2 Å². The topological polar surface area (TPSA) is 53.0 Å². The summed E-state index contributed by atoms with van der Waals surface area (Å²) >= 11 is 0. The molecule has 0 aromatic heterocycles. The molecule has 4 rings (SSSR count). The van der Waals surface area contributed by atoms with E-state index in [0.717, 1.165) is 25.9 Å². The van der Waals surface area contributed by atoms with Gasteiger partial charge in [-0.15, -0.1) is 0 Å². The summed E-state index contributed by atoms with van der Waals surface area (Å²) in [7, 11) is 0. The molecule has 0 unspecified atom stereocenters. The van der Waals surface area contributed by atoms with Gasteiger partial charge in [-0.25, -0.2) is 4.79 Å². The van der Waals surface area contributed by atoms with E-state index in [4.69, 9.17) is 4.74 Å². The summed E-state index contributed by atoms with van der Waals surface area (Å²) in [5, 5.41) is 10.1. The number of aliphatic hydroxyl groups is 1. The first-order valence-electron chi connectivity index (χ1n) is 9.26. The molecule has 2 bridgehead atoms. The molecule has 1 amide bonds. The molecule has 3 aliphatic rings. The molecule has 25 heavy (non-hydrogen) atoms. The Kier molecular flexibility index (Phi) is 5.35. The highest BCUT2D eigenvalue weighted by Gasteiger charge is 2.44. The van der Waals surface area contributed by atoms with Gasteiger partial charge in [0.25, 0.3) is 0 Å². The van der Waals surface area contributed by atoms with Gasteiger partial charge in [0, 0.05) is 25.7 Å². The number of benzene rings is 1. The highest BCUT2D eigenvalue weighted by molar-refractivity contribution is 5.69. The van der Waals surface area contributed by atoms with E-state index in [0.29, 0.717) is 12.5 Å². The van der Waals surface area contributed by atoms with Gasteiger partial charge in [0.2, 0.25) is 0 Å². The van der Waals surface area contributed by atoms with E-state index in [1.54, 1.807) is 4.90 Å². The van der Waals surface area contributed by atoms with Crippen molar-refractivity contribution in [3.8, 4) is 0 Å². The molecule has 0 saturated carbocycles. The summed E-state index contributed by atoms with van der Waals surface area (Å²) in [6.07, 6.45) is 1.82. The van der Waals surface area contributed by atoms with Crippen LogP contribution in [0, 0.1) is 5.92 Å². The minimum absolute atomic E-state index is 0.0259. The van der Waals surface area contributed by atoms with E-state index >= 15 is 0 Å². The van der Waals surface area contributed by atoms with Crippen LogP contribution >= 0.6 is 0 Å². The van der Waals surface area contributed by atoms with Gasteiger partial charge >= 0.3 is 6.09 Å². The van der Waals surface area contributed by atoms with Gasteiger partial charge in [0.1, 0.15) is 5.60 Å². The Morgan fingerprint density at radius 1 is 1.20 bits per heavy atom. The standard InChI is InChI=1S/C20H30N2O3/c1-20(2,3)25-19(24)22-13-16-9-10-17(18(22)14-23)21(12-16)11-15-7-5-4-6-8-15/h4-8,16-18,23H,9-14H2,1-3H3/t16-,17+,18-/m0/s1. The molecule has 0 radical (unpaired) electrons. The first-order chi connectivity index (χ1) is 11.9. The maximum absolute atomic E-state index is 12.7. The van der Waals surface area contributed by atoms with Gasteiger partial charge in [-0.3, -0.25) is 4.90 Å². The Bertz CT molecular complexity index is 584. The Morgan fingerprint density at radius 2 is 1.92 bits per heavy atom. The molecular formula is C20H30N2O3. The number of rotatable bonds is 3. The fourth-order valence-corrected chi connectivity index (χ4v) is 4.10. The molecule has 3 saturated heterocycles. The quantitative estimate of drug-likeness (QED) is 0.914. The number of hydrogen-bond acceptors (Lipinski definition) is 4. The number of nitrogens with zero attached hydrogens (tertiary/aromatic N) is 2. The van der Waals surface area contributed by atoms with Crippen LogP contribution in [-0.4, -0.2) is 58.4 Å². The maximum atomic E-state index is 12.7. The lowest BCUT2D eigenvalue weighted by atomic mass is 9.92. The summed E-state index contributed by atoms with van der Waals surface area (Å²) in [5.74, 6) is 0.434. The minimum Gasteiger partial charge on any atom is -0.444 e. The second-order valence-electron chi connectivity index (χ2n) is 8.31. The minimum atomic E-state index is -0.522. The second kappa shape index (κ2) is 7.34. The Morgan fingerprint density at radius 3 is 2.56 bits per heavy atom. The summed E-state index contributed by atoms with van der Waals surface area (Å²) in [4.78, 5) is 16.9. The van der Waals surface area contributed by atoms with Crippen molar-refractivity contribution in [3.63, 3.8) is 0 Å². The van der Waals surface area contributed by atoms with Crippen LogP contribution in [-0.2, 0) is 11.3 Å². The van der Waals surface area contributed by atoms with Gasteiger partial charge in [0.15, 0.2) is 0 Å². The molecule has 3 fully saturated rings. The summed E-state index contributed by atoms with van der Waals surface area (Å²) in [6, 6.07) is 10.4. The number of aliphatic hydroxyl groups excluding tert-OH is 1. The zero-order valence-electron chi connectivity index (χ0n) is 15.5. The third kappa shape index (κ3) is 4.33. The first-order valence-corrected chi connectivity index (χ1v) is 9.26. The number of piperidine rings is 1. The number of carbonyl (C=O) groups is 1. The van der Waals surface area contributed by atoms with Crippen LogP contribution in [0.4, 0.5) is 4.79 Å². The Labute approximate surface area is 150 Å². The molecule has 3 atom stereocenters. The van der Waals surface area contributed by atoms with Gasteiger partial charge in [-0.1, -0.05) is 30.3 Å². The second-order valence-corrected chi connectivity index (χ2v) is 8.31. The van der Waals surface area contributed by atoms with Crippen LogP contribution in [0.5, 0.6) is 0 Å². The smallest absolute Gasteiger partial charge is 0.410 e. The molecule has 0 spiro atoms. The van der Waals surface area contributed by atoms with Gasteiger partial charge in [-0.2, -0.15) is 0 Å². The van der Waals surface area contributed by atoms with Crippen molar-refractivity contribution in [2.24, 2.45) is 5.92 Å². The summed E-state index contributed by atoms with van der Waals surface area (Å²) in [6.45, 7) is 8.12. The van der Waals surface area contributed by atoms with Crippen molar-refractivity contribution < 1.29 is 14.6 Å². The number of carbonyl (C=O) groups excluding carboxylic acids is 1. The predicted molar refractivity (Wildman–Crippen MR) is 97.2 cm³/mol. The lowest BCUT2D eigenvalue weighted by Crippen LogP contribution is -2.53. The van der Waals surface area contributed by atoms with Crippen LogP contribution in [0.3, 0.4) is 0 Å². The molecule has 1 aromatic carbocycles. The lowest BCUT2D eigenvalue weighted by Gasteiger charge is -2.40. The number of fused-ring (bicyclic) bond motifs is 4. The number of hydrogen-bond donors (Lipinski definition) is 1. The third-order valence-electron chi connectivity index (χ3n) is 5.18. The lowest BCUT2D eigenvalue weighted by molar-refractivity contribution is 0.000606. The molecule has 5 heteroatoms. The normalized spacial score (nSPS) is 27.2. The molecule has 138 valence electrons. The highest BCUT2D eigenvalue weighted by Crippen LogP contribution is 2.33. The van der Waals surface area contributed by atoms with Gasteiger partial charge in [0.05, 0.1) is 12.6 Å². The van der Waals surface area contributed by atoms with Crippen LogP contribution in [0.25, 0.3) is 0 Å². The van der Waals surface area contributed by atoms with Crippen LogP contribution in [0.15, 0.2) is 30.3 Å². The molecule has 3 aliphatic heterocycles. The van der Waals surface area contributed by atoms with E-state index in [-0.39, 0.29) is 24.8 Å². The number of ether oxygens (including phenoxy) is 1. The maximum Gasteiger partial charge on any atom is 0.410 e. The van der Waals surface area contributed by atoms with Crippen molar-refractivity contribution in [2.75, 3.05) is 19.7 Å². The largest absolute Gasteiger partial charge is 0.444 e. The first kappa shape index (κ1) is 18.2. The zero-order chi connectivity index (χ0) is 18.0. The van der Waals surface area contributed by atoms with Crippen LogP contribution in [0.2, 0.25) is 0 Å². The third-order valence-corrected chi connectivity index (χ3v) is 5.18. The monoisotopic (exact) mass is 346 g/mol. The predicted octanol–water partition coefficient (Wildman–Crippen LogP) is 2.88. The average Bonchev–Trinajstić information content (AvgIpc) is 2.82. The zero-order valence-corrected chi connectivity index (χ0v) is 15.5. The molecule has 5 nitrogen and oxygen atoms in total. The average molecular weight is 346 g/mol. The molecule has 3 heterocycles. The van der Waals surface area contributed by atoms with Crippen molar-refractivity contribution in [1.82, 2.24) is 9.80 Å². The number of amides is 1. The van der Waals surface area contributed by atoms with E-state index in [1.807, 2.05) is 26.8 Å².